The van der Waals surface area contributed by atoms with Gasteiger partial charge < -0.3 is 5.11 Å². The van der Waals surface area contributed by atoms with Crippen LogP contribution in [0.1, 0.15) is 21.7 Å². The summed E-state index contributed by atoms with van der Waals surface area (Å²) in [6, 6.07) is 12.8. The number of aromatic nitrogens is 1. The topological polar surface area (TPSA) is 80.7 Å². The summed E-state index contributed by atoms with van der Waals surface area (Å²) in [7, 11) is 0. The van der Waals surface area contributed by atoms with Gasteiger partial charge in [0.15, 0.2) is 0 Å². The van der Waals surface area contributed by atoms with Crippen LogP contribution in [0.2, 0.25) is 0 Å². The van der Waals surface area contributed by atoms with E-state index in [9.17, 15) is 23.5 Å². The summed E-state index contributed by atoms with van der Waals surface area (Å²) < 4.78 is 38.9. The van der Waals surface area contributed by atoms with Gasteiger partial charge in [0, 0.05) is 5.56 Å². The van der Waals surface area contributed by atoms with Crippen molar-refractivity contribution in [1.29, 1.82) is 10.5 Å². The molecule has 0 spiro atoms. The minimum absolute atomic E-state index is 0.0974. The van der Waals surface area contributed by atoms with Gasteiger partial charge in [0.05, 0.1) is 27.4 Å². The summed E-state index contributed by atoms with van der Waals surface area (Å²) in [5.41, 5.74) is -0.194. The quantitative estimate of drug-likeness (QED) is 0.500. The Hall–Kier alpha value is -3.36. The molecule has 0 atom stereocenters. The molecule has 128 valence electrons. The van der Waals surface area contributed by atoms with Gasteiger partial charge in [-0.15, -0.1) is 11.3 Å². The van der Waals surface area contributed by atoms with Crippen LogP contribution in [0.5, 0.6) is 0 Å². The number of nitriles is 2. The second-order valence-electron chi connectivity index (χ2n) is 5.22. The van der Waals surface area contributed by atoms with Crippen molar-refractivity contribution >= 4 is 32.9 Å². The van der Waals surface area contributed by atoms with Crippen molar-refractivity contribution in [2.45, 2.75) is 6.18 Å². The van der Waals surface area contributed by atoms with Crippen LogP contribution in [0.3, 0.4) is 0 Å². The molecule has 0 saturated heterocycles. The fourth-order valence-corrected chi connectivity index (χ4v) is 3.20. The van der Waals surface area contributed by atoms with Crippen LogP contribution in [0.4, 0.5) is 13.2 Å². The van der Waals surface area contributed by atoms with E-state index < -0.39 is 11.7 Å². The maximum Gasteiger partial charge on any atom is 0.416 e. The first kappa shape index (κ1) is 17.5. The number of benzene rings is 2. The highest BCUT2D eigenvalue weighted by Crippen LogP contribution is 2.35. The minimum atomic E-state index is -4.49. The number of nitrogens with zero attached hydrogens (tertiary/aromatic N) is 3. The van der Waals surface area contributed by atoms with E-state index in [-0.39, 0.29) is 21.9 Å². The van der Waals surface area contributed by atoms with Crippen molar-refractivity contribution in [1.82, 2.24) is 4.98 Å². The number of hydrogen-bond acceptors (Lipinski definition) is 5. The number of aliphatic hydroxyl groups is 1. The van der Waals surface area contributed by atoms with Gasteiger partial charge in [0.1, 0.15) is 22.4 Å². The third-order valence-electron chi connectivity index (χ3n) is 3.56. The summed E-state index contributed by atoms with van der Waals surface area (Å²) in [5.74, 6) is -0.355. The van der Waals surface area contributed by atoms with Crippen LogP contribution in [0.25, 0.3) is 21.5 Å². The second kappa shape index (κ2) is 6.51. The first-order valence-electron chi connectivity index (χ1n) is 7.15. The van der Waals surface area contributed by atoms with Crippen molar-refractivity contribution < 1.29 is 18.3 Å². The van der Waals surface area contributed by atoms with Gasteiger partial charge in [0.25, 0.3) is 0 Å². The summed E-state index contributed by atoms with van der Waals surface area (Å²) in [5, 5.41) is 28.7. The highest BCUT2D eigenvalue weighted by Gasteiger charge is 2.31. The van der Waals surface area contributed by atoms with Crippen LogP contribution < -0.4 is 0 Å². The largest absolute Gasteiger partial charge is 0.506 e. The Bertz CT molecular complexity index is 1100. The minimum Gasteiger partial charge on any atom is -0.506 e. The predicted octanol–water partition coefficient (Wildman–Crippen LogP) is 5.14. The molecule has 0 radical (unpaired) electrons. The number of alkyl halides is 3. The van der Waals surface area contributed by atoms with Crippen molar-refractivity contribution in [2.75, 3.05) is 0 Å². The van der Waals surface area contributed by atoms with Crippen LogP contribution in [0, 0.1) is 22.7 Å². The predicted molar refractivity (Wildman–Crippen MR) is 90.8 cm³/mol. The molecule has 4 nitrogen and oxygen atoms in total. The lowest BCUT2D eigenvalue weighted by Crippen LogP contribution is -2.03. The summed E-state index contributed by atoms with van der Waals surface area (Å²) in [6.07, 6.45) is -4.49. The SMILES string of the molecule is N#CC(=C(O)c1ccc(C#N)cc1)c1nc2cc(C(F)(F)F)ccc2s1. The molecule has 26 heavy (non-hydrogen) atoms. The first-order chi connectivity index (χ1) is 12.3. The fourth-order valence-electron chi connectivity index (χ4n) is 2.26. The Morgan fingerprint density at radius 1 is 1.08 bits per heavy atom. The molecule has 1 aromatic heterocycles. The zero-order valence-corrected chi connectivity index (χ0v) is 13.7. The normalized spacial score (nSPS) is 12.3. The maximum atomic E-state index is 12.8. The summed E-state index contributed by atoms with van der Waals surface area (Å²) in [6.45, 7) is 0. The highest BCUT2D eigenvalue weighted by atomic mass is 32.1. The Morgan fingerprint density at radius 2 is 1.77 bits per heavy atom. The molecule has 0 amide bonds. The van der Waals surface area contributed by atoms with E-state index in [0.717, 1.165) is 23.5 Å². The third kappa shape index (κ3) is 3.23. The standard InChI is InChI=1S/C18H8F3N3OS/c19-18(20,21)12-5-6-15-14(7-12)24-17(26-15)13(9-23)16(25)11-3-1-10(8-22)2-4-11/h1-7,25H. The number of fused-ring (bicyclic) bond motifs is 1. The van der Waals surface area contributed by atoms with E-state index >= 15 is 0 Å². The monoisotopic (exact) mass is 371 g/mol. The number of aliphatic hydroxyl groups excluding tert-OH is 1. The van der Waals surface area contributed by atoms with Crippen molar-refractivity contribution in [3.8, 4) is 12.1 Å². The zero-order valence-electron chi connectivity index (χ0n) is 12.9. The number of halogens is 3. The van der Waals surface area contributed by atoms with Crippen molar-refractivity contribution in [3.05, 3.63) is 64.2 Å². The zero-order chi connectivity index (χ0) is 18.9. The molecule has 0 aliphatic rings. The Labute approximate surface area is 149 Å². The Morgan fingerprint density at radius 3 is 2.35 bits per heavy atom. The molecular weight excluding hydrogens is 363 g/mol. The lowest BCUT2D eigenvalue weighted by Gasteiger charge is -2.04. The molecule has 1 N–H and O–H groups in total. The smallest absolute Gasteiger partial charge is 0.416 e. The van der Waals surface area contributed by atoms with Crippen LogP contribution in [-0.2, 0) is 6.18 Å². The van der Waals surface area contributed by atoms with Crippen molar-refractivity contribution in [2.24, 2.45) is 0 Å². The number of hydrogen-bond donors (Lipinski definition) is 1. The van der Waals surface area contributed by atoms with Crippen LogP contribution >= 0.6 is 11.3 Å². The van der Waals surface area contributed by atoms with Crippen LogP contribution in [0.15, 0.2) is 42.5 Å². The van der Waals surface area contributed by atoms with Gasteiger partial charge in [-0.05, 0) is 42.5 Å². The number of allylic oxidation sites excluding steroid dienone is 1. The molecule has 2 aromatic carbocycles. The number of rotatable bonds is 2. The van der Waals surface area contributed by atoms with Gasteiger partial charge in [-0.3, -0.25) is 0 Å². The molecule has 3 rings (SSSR count). The van der Waals surface area contributed by atoms with E-state index in [2.05, 4.69) is 4.98 Å². The van der Waals surface area contributed by atoms with Crippen molar-refractivity contribution in [3.63, 3.8) is 0 Å². The van der Waals surface area contributed by atoms with Gasteiger partial charge in [-0.25, -0.2) is 4.98 Å². The lowest BCUT2D eigenvalue weighted by molar-refractivity contribution is -0.137. The molecule has 1 heterocycles. The molecule has 0 aliphatic carbocycles. The highest BCUT2D eigenvalue weighted by molar-refractivity contribution is 7.19. The van der Waals surface area contributed by atoms with E-state index in [1.54, 1.807) is 0 Å². The molecule has 8 heteroatoms. The Kier molecular flexibility index (Phi) is 4.37. The van der Waals surface area contributed by atoms with Gasteiger partial charge in [-0.2, -0.15) is 23.7 Å². The number of thiazole rings is 1. The summed E-state index contributed by atoms with van der Waals surface area (Å²) in [4.78, 5) is 4.06. The molecular formula is C18H8F3N3OS. The van der Waals surface area contributed by atoms with E-state index in [0.29, 0.717) is 15.8 Å². The molecule has 0 aliphatic heterocycles. The van der Waals surface area contributed by atoms with E-state index in [1.807, 2.05) is 12.1 Å². The molecule has 3 aromatic rings. The fraction of sp³-hybridized carbons (Fsp3) is 0.0556. The maximum absolute atomic E-state index is 12.8. The van der Waals surface area contributed by atoms with E-state index in [4.69, 9.17) is 5.26 Å². The first-order valence-corrected chi connectivity index (χ1v) is 7.97. The molecule has 0 fully saturated rings. The molecule has 0 unspecified atom stereocenters. The second-order valence-corrected chi connectivity index (χ2v) is 6.25. The average Bonchev–Trinajstić information content (AvgIpc) is 3.04. The lowest BCUT2D eigenvalue weighted by atomic mass is 10.1. The third-order valence-corrected chi connectivity index (χ3v) is 4.62. The average molecular weight is 371 g/mol. The molecule has 0 bridgehead atoms. The van der Waals surface area contributed by atoms with Gasteiger partial charge >= 0.3 is 6.18 Å². The summed E-state index contributed by atoms with van der Waals surface area (Å²) >= 11 is 1.01. The van der Waals surface area contributed by atoms with Gasteiger partial charge in [0.2, 0.25) is 0 Å². The molecule has 0 saturated carbocycles. The van der Waals surface area contributed by atoms with E-state index in [1.165, 1.54) is 30.3 Å². The Balaban J connectivity index is 2.10. The van der Waals surface area contributed by atoms with Crippen LogP contribution in [-0.4, -0.2) is 10.1 Å². The van der Waals surface area contributed by atoms with Gasteiger partial charge in [-0.1, -0.05) is 0 Å².